The van der Waals surface area contributed by atoms with Crippen molar-refractivity contribution in [2.24, 2.45) is 10.9 Å². The Morgan fingerprint density at radius 3 is 2.74 bits per heavy atom. The zero-order valence-corrected chi connectivity index (χ0v) is 14.9. The van der Waals surface area contributed by atoms with E-state index in [9.17, 15) is 0 Å². The van der Waals surface area contributed by atoms with Crippen molar-refractivity contribution >= 4 is 5.96 Å². The van der Waals surface area contributed by atoms with Gasteiger partial charge in [-0.15, -0.1) is 0 Å². The van der Waals surface area contributed by atoms with Gasteiger partial charge in [0, 0.05) is 39.1 Å². The van der Waals surface area contributed by atoms with E-state index in [1.54, 1.807) is 0 Å². The van der Waals surface area contributed by atoms with Crippen LogP contribution in [0.1, 0.15) is 38.9 Å². The molecule has 1 aliphatic rings. The summed E-state index contributed by atoms with van der Waals surface area (Å²) in [7, 11) is 1.82. The summed E-state index contributed by atoms with van der Waals surface area (Å²) in [5.41, 5.74) is 0. The van der Waals surface area contributed by atoms with E-state index in [4.69, 9.17) is 0 Å². The van der Waals surface area contributed by atoms with Crippen LogP contribution in [0.5, 0.6) is 0 Å². The second-order valence-electron chi connectivity index (χ2n) is 6.64. The molecule has 1 aromatic rings. The number of guanidine groups is 1. The number of piperidine rings is 1. The SMILES string of the molecule is CN=C(NCCN1CCCCC1)NCc1nccn1CC(C)C. The first kappa shape index (κ1) is 17.8. The Balaban J connectivity index is 1.71. The maximum atomic E-state index is 4.44. The van der Waals surface area contributed by atoms with Gasteiger partial charge in [0.1, 0.15) is 5.82 Å². The molecule has 0 saturated carbocycles. The molecule has 6 heteroatoms. The van der Waals surface area contributed by atoms with Crippen molar-refractivity contribution in [3.05, 3.63) is 18.2 Å². The quantitative estimate of drug-likeness (QED) is 0.593. The van der Waals surface area contributed by atoms with E-state index < -0.39 is 0 Å². The van der Waals surface area contributed by atoms with Gasteiger partial charge in [-0.2, -0.15) is 0 Å². The Bertz CT molecular complexity index is 473. The van der Waals surface area contributed by atoms with E-state index in [0.717, 1.165) is 31.4 Å². The molecule has 2 heterocycles. The monoisotopic (exact) mass is 320 g/mol. The number of likely N-dealkylation sites (tertiary alicyclic amines) is 1. The van der Waals surface area contributed by atoms with Crippen molar-refractivity contribution in [3.63, 3.8) is 0 Å². The van der Waals surface area contributed by atoms with Crippen LogP contribution in [0.2, 0.25) is 0 Å². The molecule has 2 N–H and O–H groups in total. The second-order valence-corrected chi connectivity index (χ2v) is 6.64. The van der Waals surface area contributed by atoms with Crippen LogP contribution in [0.3, 0.4) is 0 Å². The Hall–Kier alpha value is -1.56. The summed E-state index contributed by atoms with van der Waals surface area (Å²) in [6, 6.07) is 0. The third-order valence-corrected chi connectivity index (χ3v) is 4.17. The third kappa shape index (κ3) is 6.22. The molecule has 1 fully saturated rings. The minimum atomic E-state index is 0.616. The van der Waals surface area contributed by atoms with Gasteiger partial charge in [-0.3, -0.25) is 4.99 Å². The van der Waals surface area contributed by atoms with Gasteiger partial charge in [-0.1, -0.05) is 20.3 Å². The van der Waals surface area contributed by atoms with Crippen LogP contribution in [0.4, 0.5) is 0 Å². The fourth-order valence-electron chi connectivity index (χ4n) is 2.97. The van der Waals surface area contributed by atoms with Gasteiger partial charge in [-0.05, 0) is 31.8 Å². The molecule has 0 amide bonds. The molecule has 0 atom stereocenters. The first-order chi connectivity index (χ1) is 11.2. The maximum absolute atomic E-state index is 4.44. The third-order valence-electron chi connectivity index (χ3n) is 4.17. The number of nitrogens with one attached hydrogen (secondary N) is 2. The van der Waals surface area contributed by atoms with Gasteiger partial charge in [0.2, 0.25) is 0 Å². The molecule has 0 spiro atoms. The highest BCUT2D eigenvalue weighted by Gasteiger charge is 2.10. The summed E-state index contributed by atoms with van der Waals surface area (Å²) < 4.78 is 2.21. The molecule has 23 heavy (non-hydrogen) atoms. The Labute approximate surface area is 140 Å². The number of aliphatic imine (C=N–C) groups is 1. The van der Waals surface area contributed by atoms with E-state index in [1.165, 1.54) is 32.4 Å². The predicted octanol–water partition coefficient (Wildman–Crippen LogP) is 1.69. The van der Waals surface area contributed by atoms with Crippen LogP contribution < -0.4 is 10.6 Å². The smallest absolute Gasteiger partial charge is 0.191 e. The molecule has 0 unspecified atom stereocenters. The number of hydrogen-bond donors (Lipinski definition) is 2. The zero-order chi connectivity index (χ0) is 16.5. The summed E-state index contributed by atoms with van der Waals surface area (Å²) in [6.45, 7) is 10.6. The van der Waals surface area contributed by atoms with E-state index in [0.29, 0.717) is 12.5 Å². The fraction of sp³-hybridized carbons (Fsp3) is 0.765. The lowest BCUT2D eigenvalue weighted by Gasteiger charge is -2.26. The lowest BCUT2D eigenvalue weighted by atomic mass is 10.1. The fourth-order valence-corrected chi connectivity index (χ4v) is 2.97. The predicted molar refractivity (Wildman–Crippen MR) is 95.6 cm³/mol. The standard InChI is InChI=1S/C17H32N6/c1-15(2)14-23-12-8-19-16(23)13-21-17(18-3)20-7-11-22-9-5-4-6-10-22/h8,12,15H,4-7,9-11,13-14H2,1-3H3,(H2,18,20,21). The van der Waals surface area contributed by atoms with Gasteiger partial charge in [0.05, 0.1) is 6.54 Å². The van der Waals surface area contributed by atoms with Crippen LogP contribution in [0, 0.1) is 5.92 Å². The van der Waals surface area contributed by atoms with E-state index >= 15 is 0 Å². The van der Waals surface area contributed by atoms with Crippen molar-refractivity contribution in [2.75, 3.05) is 33.2 Å². The Morgan fingerprint density at radius 1 is 1.26 bits per heavy atom. The lowest BCUT2D eigenvalue weighted by Crippen LogP contribution is -2.42. The van der Waals surface area contributed by atoms with Crippen LogP contribution in [-0.2, 0) is 13.1 Å². The first-order valence-electron chi connectivity index (χ1n) is 8.86. The Morgan fingerprint density at radius 2 is 2.04 bits per heavy atom. The van der Waals surface area contributed by atoms with Crippen LogP contribution in [-0.4, -0.2) is 53.6 Å². The van der Waals surface area contributed by atoms with E-state index in [2.05, 4.69) is 43.9 Å². The van der Waals surface area contributed by atoms with Crippen molar-refractivity contribution in [3.8, 4) is 0 Å². The van der Waals surface area contributed by atoms with Crippen molar-refractivity contribution in [2.45, 2.75) is 46.2 Å². The first-order valence-corrected chi connectivity index (χ1v) is 8.86. The normalized spacial score (nSPS) is 16.8. The molecule has 1 saturated heterocycles. The average Bonchev–Trinajstić information content (AvgIpc) is 2.98. The highest BCUT2D eigenvalue weighted by molar-refractivity contribution is 5.79. The molecule has 0 aromatic carbocycles. The molecule has 0 aliphatic carbocycles. The minimum absolute atomic E-state index is 0.616. The maximum Gasteiger partial charge on any atom is 0.191 e. The molecule has 130 valence electrons. The number of rotatable bonds is 7. The lowest BCUT2D eigenvalue weighted by molar-refractivity contribution is 0.232. The van der Waals surface area contributed by atoms with Crippen molar-refractivity contribution in [1.29, 1.82) is 0 Å². The summed E-state index contributed by atoms with van der Waals surface area (Å²) in [5.74, 6) is 2.52. The van der Waals surface area contributed by atoms with Crippen LogP contribution in [0.15, 0.2) is 17.4 Å². The van der Waals surface area contributed by atoms with Gasteiger partial charge in [-0.25, -0.2) is 4.98 Å². The topological polar surface area (TPSA) is 57.5 Å². The number of aromatic nitrogens is 2. The average molecular weight is 320 g/mol. The largest absolute Gasteiger partial charge is 0.355 e. The van der Waals surface area contributed by atoms with Crippen molar-refractivity contribution < 1.29 is 0 Å². The number of imidazole rings is 1. The molecule has 6 nitrogen and oxygen atoms in total. The highest BCUT2D eigenvalue weighted by Crippen LogP contribution is 2.07. The molecule has 0 radical (unpaired) electrons. The molecular formula is C17H32N6. The highest BCUT2D eigenvalue weighted by atomic mass is 15.2. The van der Waals surface area contributed by atoms with Gasteiger partial charge < -0.3 is 20.1 Å². The Kier molecular flexibility index (Phi) is 7.39. The molecule has 1 aromatic heterocycles. The minimum Gasteiger partial charge on any atom is -0.355 e. The molecule has 0 bridgehead atoms. The second kappa shape index (κ2) is 9.55. The summed E-state index contributed by atoms with van der Waals surface area (Å²) in [6.07, 6.45) is 7.97. The number of hydrogen-bond acceptors (Lipinski definition) is 3. The van der Waals surface area contributed by atoms with E-state index in [1.807, 2.05) is 19.4 Å². The van der Waals surface area contributed by atoms with Gasteiger partial charge >= 0.3 is 0 Å². The van der Waals surface area contributed by atoms with E-state index in [-0.39, 0.29) is 0 Å². The van der Waals surface area contributed by atoms with Crippen LogP contribution >= 0.6 is 0 Å². The molecule has 2 rings (SSSR count). The molecule has 1 aliphatic heterocycles. The zero-order valence-electron chi connectivity index (χ0n) is 14.9. The molecular weight excluding hydrogens is 288 g/mol. The summed E-state index contributed by atoms with van der Waals surface area (Å²) in [5, 5.41) is 6.76. The summed E-state index contributed by atoms with van der Waals surface area (Å²) >= 11 is 0. The summed E-state index contributed by atoms with van der Waals surface area (Å²) in [4.78, 5) is 11.3. The van der Waals surface area contributed by atoms with Crippen LogP contribution in [0.25, 0.3) is 0 Å². The van der Waals surface area contributed by atoms with Gasteiger partial charge in [0.15, 0.2) is 5.96 Å². The van der Waals surface area contributed by atoms with Gasteiger partial charge in [0.25, 0.3) is 0 Å². The van der Waals surface area contributed by atoms with Crippen molar-refractivity contribution in [1.82, 2.24) is 25.1 Å². The number of nitrogens with zero attached hydrogens (tertiary/aromatic N) is 4.